The van der Waals surface area contributed by atoms with E-state index in [0.717, 1.165) is 15.6 Å². The first-order valence-corrected chi connectivity index (χ1v) is 6.94. The molecule has 2 aromatic rings. The Balaban J connectivity index is 2.23. The number of carbonyl (C=O) groups is 1. The third-order valence-corrected chi connectivity index (χ3v) is 3.57. The van der Waals surface area contributed by atoms with Crippen LogP contribution in [0, 0.1) is 0 Å². The molecule has 1 atom stereocenters. The highest BCUT2D eigenvalue weighted by molar-refractivity contribution is 9.10. The molecule has 3 N–H and O–H groups in total. The molecule has 20 heavy (non-hydrogen) atoms. The van der Waals surface area contributed by atoms with Crippen LogP contribution in [0.25, 0.3) is 0 Å². The molecule has 2 aromatic carbocycles. The van der Waals surface area contributed by atoms with E-state index >= 15 is 0 Å². The molecule has 0 aliphatic carbocycles. The van der Waals surface area contributed by atoms with Crippen molar-refractivity contribution in [3.8, 4) is 0 Å². The summed E-state index contributed by atoms with van der Waals surface area (Å²) in [5, 5.41) is 2.80. The monoisotopic (exact) mass is 329 g/mol. The number of anilines is 1. The SMILES string of the molecule is NC1N=C(c2ccccc2)c2cc(Br)ccc2NC1=O. The predicted octanol–water partition coefficient (Wildman–Crippen LogP) is 2.52. The molecule has 0 spiro atoms. The Morgan fingerprint density at radius 3 is 2.65 bits per heavy atom. The van der Waals surface area contributed by atoms with Crippen LogP contribution < -0.4 is 11.1 Å². The quantitative estimate of drug-likeness (QED) is 0.844. The molecule has 0 aromatic heterocycles. The fourth-order valence-electron chi connectivity index (χ4n) is 2.12. The summed E-state index contributed by atoms with van der Waals surface area (Å²) in [6.07, 6.45) is -0.906. The number of carbonyl (C=O) groups excluding carboxylic acids is 1. The van der Waals surface area contributed by atoms with Gasteiger partial charge in [0.1, 0.15) is 0 Å². The van der Waals surface area contributed by atoms with Crippen LogP contribution in [0.2, 0.25) is 0 Å². The number of nitrogens with one attached hydrogen (secondary N) is 1. The lowest BCUT2D eigenvalue weighted by Gasteiger charge is -2.10. The minimum Gasteiger partial charge on any atom is -0.322 e. The van der Waals surface area contributed by atoms with Crippen LogP contribution in [0.1, 0.15) is 11.1 Å². The van der Waals surface area contributed by atoms with Gasteiger partial charge in [-0.15, -0.1) is 0 Å². The maximum atomic E-state index is 11.9. The van der Waals surface area contributed by atoms with Crippen molar-refractivity contribution < 1.29 is 4.79 Å². The Morgan fingerprint density at radius 2 is 1.90 bits per heavy atom. The number of nitrogens with two attached hydrogens (primary N) is 1. The van der Waals surface area contributed by atoms with Gasteiger partial charge in [-0.25, -0.2) is 0 Å². The molecule has 0 bridgehead atoms. The van der Waals surface area contributed by atoms with Gasteiger partial charge in [0.25, 0.3) is 5.91 Å². The van der Waals surface area contributed by atoms with Crippen molar-refractivity contribution in [2.45, 2.75) is 6.17 Å². The number of rotatable bonds is 1. The molecule has 0 saturated heterocycles. The number of benzodiazepines with no additional fused rings is 1. The predicted molar refractivity (Wildman–Crippen MR) is 82.8 cm³/mol. The van der Waals surface area contributed by atoms with Gasteiger partial charge in [-0.1, -0.05) is 46.3 Å². The van der Waals surface area contributed by atoms with Gasteiger partial charge in [-0.2, -0.15) is 0 Å². The number of amides is 1. The molecular formula is C15H12BrN3O. The van der Waals surface area contributed by atoms with Crippen molar-refractivity contribution in [3.05, 3.63) is 64.1 Å². The average Bonchev–Trinajstić information content (AvgIpc) is 2.58. The van der Waals surface area contributed by atoms with Crippen molar-refractivity contribution in [2.24, 2.45) is 10.7 Å². The Morgan fingerprint density at radius 1 is 1.15 bits per heavy atom. The number of halogens is 1. The van der Waals surface area contributed by atoms with Crippen molar-refractivity contribution in [2.75, 3.05) is 5.32 Å². The Labute approximate surface area is 124 Å². The zero-order valence-corrected chi connectivity index (χ0v) is 12.1. The van der Waals surface area contributed by atoms with Gasteiger partial charge in [0.15, 0.2) is 6.17 Å². The smallest absolute Gasteiger partial charge is 0.263 e. The number of hydrogen-bond acceptors (Lipinski definition) is 3. The topological polar surface area (TPSA) is 67.5 Å². The average molecular weight is 330 g/mol. The summed E-state index contributed by atoms with van der Waals surface area (Å²) in [6.45, 7) is 0. The summed E-state index contributed by atoms with van der Waals surface area (Å²) in [7, 11) is 0. The minimum absolute atomic E-state index is 0.306. The minimum atomic E-state index is -0.906. The maximum absolute atomic E-state index is 11.9. The summed E-state index contributed by atoms with van der Waals surface area (Å²) in [5.41, 5.74) is 9.03. The van der Waals surface area contributed by atoms with Crippen LogP contribution in [0.5, 0.6) is 0 Å². The molecule has 100 valence electrons. The van der Waals surface area contributed by atoms with E-state index in [-0.39, 0.29) is 5.91 Å². The second kappa shape index (κ2) is 5.19. The van der Waals surface area contributed by atoms with Crippen LogP contribution in [0.3, 0.4) is 0 Å². The fourth-order valence-corrected chi connectivity index (χ4v) is 2.48. The van der Waals surface area contributed by atoms with Crippen LogP contribution in [-0.4, -0.2) is 17.8 Å². The molecule has 4 nitrogen and oxygen atoms in total. The van der Waals surface area contributed by atoms with Crippen molar-refractivity contribution in [1.82, 2.24) is 0 Å². The van der Waals surface area contributed by atoms with Gasteiger partial charge in [0.2, 0.25) is 0 Å². The summed E-state index contributed by atoms with van der Waals surface area (Å²) >= 11 is 3.45. The molecule has 0 saturated carbocycles. The third kappa shape index (κ3) is 2.37. The van der Waals surface area contributed by atoms with Crippen molar-refractivity contribution in [3.63, 3.8) is 0 Å². The number of hydrogen-bond donors (Lipinski definition) is 2. The zero-order chi connectivity index (χ0) is 14.1. The molecule has 3 rings (SSSR count). The van der Waals surface area contributed by atoms with E-state index in [4.69, 9.17) is 5.73 Å². The molecule has 1 heterocycles. The van der Waals surface area contributed by atoms with E-state index in [1.165, 1.54) is 0 Å². The largest absolute Gasteiger partial charge is 0.322 e. The van der Waals surface area contributed by atoms with Gasteiger partial charge in [-0.05, 0) is 18.2 Å². The standard InChI is InChI=1S/C15H12BrN3O/c16-10-6-7-12-11(8-10)13(9-4-2-1-3-5-9)19-14(17)15(20)18-12/h1-8,14H,17H2,(H,18,20). The molecule has 5 heteroatoms. The second-order valence-corrected chi connectivity index (χ2v) is 5.38. The van der Waals surface area contributed by atoms with Gasteiger partial charge in [0.05, 0.1) is 11.4 Å². The van der Waals surface area contributed by atoms with Crippen molar-refractivity contribution >= 4 is 33.2 Å². The molecule has 0 radical (unpaired) electrons. The molecule has 0 fully saturated rings. The van der Waals surface area contributed by atoms with Gasteiger partial charge in [0, 0.05) is 15.6 Å². The van der Waals surface area contributed by atoms with Crippen LogP contribution >= 0.6 is 15.9 Å². The van der Waals surface area contributed by atoms with E-state index < -0.39 is 6.17 Å². The summed E-state index contributed by atoms with van der Waals surface area (Å²) in [6, 6.07) is 15.3. The zero-order valence-electron chi connectivity index (χ0n) is 10.5. The summed E-state index contributed by atoms with van der Waals surface area (Å²) in [5.74, 6) is -0.306. The number of nitrogens with zero attached hydrogens (tertiary/aromatic N) is 1. The lowest BCUT2D eigenvalue weighted by molar-refractivity contribution is -0.117. The van der Waals surface area contributed by atoms with E-state index in [0.29, 0.717) is 11.4 Å². The third-order valence-electron chi connectivity index (χ3n) is 3.08. The van der Waals surface area contributed by atoms with E-state index in [2.05, 4.69) is 26.2 Å². The first-order chi connectivity index (χ1) is 9.65. The lowest BCUT2D eigenvalue weighted by atomic mass is 10.0. The second-order valence-electron chi connectivity index (χ2n) is 4.47. The highest BCUT2D eigenvalue weighted by Crippen LogP contribution is 2.26. The number of aliphatic imine (C=N–C) groups is 1. The summed E-state index contributed by atoms with van der Waals surface area (Å²) in [4.78, 5) is 16.3. The molecule has 1 aliphatic heterocycles. The Hall–Kier alpha value is -1.98. The lowest BCUT2D eigenvalue weighted by Crippen LogP contribution is -2.33. The van der Waals surface area contributed by atoms with Gasteiger partial charge >= 0.3 is 0 Å². The molecule has 1 unspecified atom stereocenters. The van der Waals surface area contributed by atoms with Crippen LogP contribution in [-0.2, 0) is 4.79 Å². The van der Waals surface area contributed by atoms with Crippen LogP contribution in [0.4, 0.5) is 5.69 Å². The molecular weight excluding hydrogens is 318 g/mol. The van der Waals surface area contributed by atoms with Gasteiger partial charge in [-0.3, -0.25) is 9.79 Å². The molecule has 1 amide bonds. The Kier molecular flexibility index (Phi) is 3.38. The molecule has 1 aliphatic rings. The number of benzene rings is 2. The first-order valence-electron chi connectivity index (χ1n) is 6.15. The van der Waals surface area contributed by atoms with Crippen LogP contribution in [0.15, 0.2) is 58.0 Å². The highest BCUT2D eigenvalue weighted by Gasteiger charge is 2.23. The van der Waals surface area contributed by atoms with E-state index in [9.17, 15) is 4.79 Å². The normalized spacial score (nSPS) is 17.8. The summed E-state index contributed by atoms with van der Waals surface area (Å²) < 4.78 is 0.921. The first kappa shape index (κ1) is 13.0. The van der Waals surface area contributed by atoms with E-state index in [1.54, 1.807) is 0 Å². The van der Waals surface area contributed by atoms with Crippen molar-refractivity contribution in [1.29, 1.82) is 0 Å². The van der Waals surface area contributed by atoms with Gasteiger partial charge < -0.3 is 11.1 Å². The number of fused-ring (bicyclic) bond motifs is 1. The Bertz CT molecular complexity index is 698. The van der Waals surface area contributed by atoms with E-state index in [1.807, 2.05) is 48.5 Å². The highest BCUT2D eigenvalue weighted by atomic mass is 79.9. The maximum Gasteiger partial charge on any atom is 0.263 e. The fraction of sp³-hybridized carbons (Fsp3) is 0.0667.